The van der Waals surface area contributed by atoms with Crippen molar-refractivity contribution in [1.29, 1.82) is 0 Å². The first-order chi connectivity index (χ1) is 59.3. The van der Waals surface area contributed by atoms with Crippen molar-refractivity contribution in [1.82, 2.24) is 87.2 Å². The van der Waals surface area contributed by atoms with Crippen LogP contribution in [0.15, 0.2) is 84.5 Å². The number of hydrogen-bond donors (Lipinski definition) is 22. The molecule has 15 heterocycles. The summed E-state index contributed by atoms with van der Waals surface area (Å²) < 4.78 is 163. The molecular formula is C57H73N24O40P5. The highest BCUT2D eigenvalue weighted by Gasteiger charge is 2.58. The van der Waals surface area contributed by atoms with E-state index in [0.717, 1.165) is 69.5 Å². The second kappa shape index (κ2) is 35.2. The zero-order chi connectivity index (χ0) is 90.6. The van der Waals surface area contributed by atoms with E-state index in [1.54, 1.807) is 0 Å². The summed E-state index contributed by atoms with van der Waals surface area (Å²) in [6.07, 6.45) is -44.7. The summed E-state index contributed by atoms with van der Waals surface area (Å²) in [5, 5.41) is 91.1. The molecule has 64 nitrogen and oxygen atoms in total. The van der Waals surface area contributed by atoms with Crippen LogP contribution >= 0.6 is 39.1 Å². The number of nitrogens with two attached hydrogens (primary N) is 6. The third kappa shape index (κ3) is 18.6. The molecular weight excluding hydrogens is 1820 g/mol. The monoisotopic (exact) mass is 1890 g/mol. The van der Waals surface area contributed by atoms with Gasteiger partial charge in [-0.1, -0.05) is 0 Å². The van der Waals surface area contributed by atoms with E-state index in [1.165, 1.54) is 0 Å². The summed E-state index contributed by atoms with van der Waals surface area (Å²) in [6.45, 7) is -7.86. The fraction of sp³-hybridized carbons (Fsp3) is 0.526. The second-order valence-electron chi connectivity index (χ2n) is 28.1. The molecule has 9 aromatic heterocycles. The highest BCUT2D eigenvalue weighted by atomic mass is 31.2. The Hall–Kier alpha value is -9.52. The van der Waals surface area contributed by atoms with Gasteiger partial charge in [0, 0.05) is 18.6 Å². The quantitative estimate of drug-likeness (QED) is 0.0174. The van der Waals surface area contributed by atoms with Crippen molar-refractivity contribution in [2.45, 2.75) is 147 Å². The van der Waals surface area contributed by atoms with Crippen molar-refractivity contribution < 1.29 is 162 Å². The topological polar surface area (TPSA) is 948 Å². The number of phosphoric acid groups is 5. The smallest absolute Gasteiger partial charge is 0.394 e. The number of hydrogen-bond acceptors (Lipinski definition) is 50. The first-order valence-electron chi connectivity index (χ1n) is 36.2. The van der Waals surface area contributed by atoms with Gasteiger partial charge in [-0.2, -0.15) is 29.9 Å². The maximum atomic E-state index is 14.5. The molecule has 0 spiro atoms. The molecule has 6 saturated heterocycles. The lowest BCUT2D eigenvalue weighted by atomic mass is 10.1. The summed E-state index contributed by atoms with van der Waals surface area (Å²) in [6, 6.07) is 3.17. The number of rotatable bonds is 32. The molecule has 126 heavy (non-hydrogen) atoms. The molecule has 9 aromatic rings. The molecule has 6 aliphatic heterocycles. The Morgan fingerprint density at radius 2 is 0.563 bits per heavy atom. The van der Waals surface area contributed by atoms with Crippen molar-refractivity contribution in [3.63, 3.8) is 0 Å². The third-order valence-electron chi connectivity index (χ3n) is 19.9. The molecule has 6 aliphatic rings. The lowest BCUT2D eigenvalue weighted by molar-refractivity contribution is -0.0659. The number of nitrogens with one attached hydrogen (secondary N) is 3. The highest BCUT2D eigenvalue weighted by molar-refractivity contribution is 7.48. The lowest BCUT2D eigenvalue weighted by Gasteiger charge is -2.27. The lowest BCUT2D eigenvalue weighted by Crippen LogP contribution is -2.39. The van der Waals surface area contributed by atoms with Gasteiger partial charge in [-0.25, -0.2) is 52.2 Å². The minimum atomic E-state index is -6.06. The second-order valence-corrected chi connectivity index (χ2v) is 35.2. The van der Waals surface area contributed by atoms with Gasteiger partial charge in [0.2, 0.25) is 17.8 Å². The standard InChI is InChI=1S/C57H73N24O40P5/c58-22-1-4-76(55(93)67-22)47-30(85)35(16(7-82)111-47)117-123(98,99)107-11-20-38(33(88)50(115-20)80-14-65-26-41(80)71-53(62)74-44(26)91)120-126(104,105)109-10-19-37(32(87)49(114-19)78-6-3-24(60)69-57(78)95)119-124(100,101)110-12-21-39(34(89)51(116-21)81-15-66-27-42(81)72-54(63)75-45(27)92)121-125(102,103)108-9-18-36(31(86)48(113-18)77-5-2-23(59)68-56(77)94)118-122(96,97)106-8-17-28(83)29(84)46(112-17)79-13-64-25-40(79)70-52(61)73-43(25)90/h1-6,13-21,28-39,46-51,82-89H,7-12H2,(H,96,97)(H,98,99)(H,100,101)(H,102,103)(H,104,105)(H2,58,67,93)(H2,59,68,94)(H2,60,69,95)(H3,61,70,73,90)(H3,62,71,74,91)(H3,63,72,75,92)/t16-,17-,18-,19-,20-,21-,28-,29-,30-,31-,32-,33-,34-,35-,36-,37-,38-,39-,46-,47-,48-,49-,50-,51-/m1/s1. The van der Waals surface area contributed by atoms with Gasteiger partial charge in [0.25, 0.3) is 16.7 Å². The molecule has 69 heteroatoms. The SMILES string of the molecule is Nc1ccn([C@@H]2O[C@H](CO)[C@@H](OP(=O)(O)OC[C@H]3O[C@@H](n4cnc5c(=O)[nH]c(N)nc54)[C@H](O)[C@@H]3OP(=O)(O)OC[C@H]3O[C@@H](n4ccc(N)nc4=O)[C@H](O)[C@@H]3OP(=O)(O)OC[C@H]3O[C@@H](n4cnc5c(=O)[nH]c(N)nc54)[C@H](O)[C@@H]3OP(=O)(O)OC[C@H]3O[C@@H](n4ccc(N)nc4=O)[C@H](O)[C@@H]3OP(=O)(O)OC[C@H]3O[C@@H](n4cnc5c(=O)[nH]c(N)nc54)[C@H](O)[C@@H]3O)[C@H]2O)c(=O)n1. The Bertz CT molecular complexity index is 6260. The van der Waals surface area contributed by atoms with Gasteiger partial charge in [0.1, 0.15) is 127 Å². The molecule has 28 N–H and O–H groups in total. The number of phosphoric ester groups is 5. The van der Waals surface area contributed by atoms with E-state index in [1.807, 2.05) is 0 Å². The van der Waals surface area contributed by atoms with Crippen LogP contribution in [0, 0.1) is 0 Å². The summed E-state index contributed by atoms with van der Waals surface area (Å²) in [5.74, 6) is -2.44. The van der Waals surface area contributed by atoms with E-state index >= 15 is 0 Å². The van der Waals surface area contributed by atoms with Gasteiger partial charge in [-0.15, -0.1) is 0 Å². The van der Waals surface area contributed by atoms with Gasteiger partial charge in [0.15, 0.2) is 70.9 Å². The van der Waals surface area contributed by atoms with E-state index in [4.69, 9.17) is 108 Å². The number of imidazole rings is 3. The van der Waals surface area contributed by atoms with Crippen LogP contribution in [-0.2, 0) is 96.5 Å². The average Bonchev–Trinajstić information content (AvgIpc) is 1.62. The number of anilines is 6. The number of fused-ring (bicyclic) bond motifs is 3. The molecule has 15 rings (SSSR count). The van der Waals surface area contributed by atoms with Crippen LogP contribution in [-0.4, -0.2) is 302 Å². The summed E-state index contributed by atoms with van der Waals surface area (Å²) in [7, 11) is -29.4. The largest absolute Gasteiger partial charge is 0.472 e. The fourth-order valence-electron chi connectivity index (χ4n) is 14.2. The number of aliphatic hydroxyl groups is 8. The Kier molecular flexibility index (Phi) is 25.5. The number of aliphatic hydroxyl groups excluding tert-OH is 8. The predicted molar refractivity (Wildman–Crippen MR) is 402 cm³/mol. The van der Waals surface area contributed by atoms with Crippen LogP contribution in [0.4, 0.5) is 35.3 Å². The number of aromatic amines is 3. The molecule has 686 valence electrons. The molecule has 0 amide bonds. The van der Waals surface area contributed by atoms with Gasteiger partial charge >= 0.3 is 56.2 Å². The minimum absolute atomic E-state index is 0.228. The van der Waals surface area contributed by atoms with E-state index in [-0.39, 0.29) is 28.7 Å². The zero-order valence-electron chi connectivity index (χ0n) is 63.0. The maximum Gasteiger partial charge on any atom is 0.472 e. The first kappa shape index (κ1) is 91.2. The maximum absolute atomic E-state index is 14.5. The van der Waals surface area contributed by atoms with E-state index < -0.39 is 300 Å². The third-order valence-corrected chi connectivity index (χ3v) is 24.8. The molecule has 0 bridgehead atoms. The fourth-order valence-corrected chi connectivity index (χ4v) is 19.0. The van der Waals surface area contributed by atoms with E-state index in [2.05, 4.69) is 59.8 Å². The van der Waals surface area contributed by atoms with Crippen LogP contribution in [0.1, 0.15) is 37.4 Å². The predicted octanol–water partition coefficient (Wildman–Crippen LogP) is -9.94. The number of aromatic nitrogens is 18. The van der Waals surface area contributed by atoms with Crippen molar-refractivity contribution in [3.8, 4) is 0 Å². The van der Waals surface area contributed by atoms with Crippen LogP contribution in [0.5, 0.6) is 0 Å². The highest BCUT2D eigenvalue weighted by Crippen LogP contribution is 2.57. The number of H-pyrrole nitrogens is 3. The van der Waals surface area contributed by atoms with Crippen LogP contribution in [0.2, 0.25) is 0 Å². The molecule has 6 fully saturated rings. The Balaban J connectivity index is 0.657. The minimum Gasteiger partial charge on any atom is -0.394 e. The zero-order valence-corrected chi connectivity index (χ0v) is 67.5. The average molecular weight is 1890 g/mol. The van der Waals surface area contributed by atoms with Crippen LogP contribution in [0.3, 0.4) is 0 Å². The van der Waals surface area contributed by atoms with Gasteiger partial charge in [-0.3, -0.25) is 102 Å². The first-order valence-corrected chi connectivity index (χ1v) is 43.6. The molecule has 0 radical (unpaired) electrons. The van der Waals surface area contributed by atoms with Gasteiger partial charge in [-0.05, 0) is 18.2 Å². The molecule has 0 aliphatic carbocycles. The Morgan fingerprint density at radius 1 is 0.333 bits per heavy atom. The molecule has 29 atom stereocenters. The van der Waals surface area contributed by atoms with Crippen molar-refractivity contribution in [2.24, 2.45) is 0 Å². The summed E-state index contributed by atoms with van der Waals surface area (Å²) >= 11 is 0. The molecule has 5 unspecified atom stereocenters. The van der Waals surface area contributed by atoms with Crippen LogP contribution in [0.25, 0.3) is 33.5 Å². The van der Waals surface area contributed by atoms with Crippen molar-refractivity contribution in [3.05, 3.63) is 118 Å². The number of nitrogens with zero attached hydrogens (tertiary/aromatic N) is 15. The molecule has 0 saturated carbocycles. The normalized spacial score (nSPS) is 32.4. The van der Waals surface area contributed by atoms with Gasteiger partial charge in [0.05, 0.1) is 58.6 Å². The molecule has 0 aromatic carbocycles. The number of nitrogen functional groups attached to an aromatic ring is 6. The van der Waals surface area contributed by atoms with Crippen molar-refractivity contribution >= 4 is 108 Å². The Morgan fingerprint density at radius 3 is 0.825 bits per heavy atom. The van der Waals surface area contributed by atoms with Gasteiger partial charge < -0.3 is 128 Å². The van der Waals surface area contributed by atoms with Crippen molar-refractivity contribution in [2.75, 3.05) is 74.0 Å². The van der Waals surface area contributed by atoms with Crippen LogP contribution < -0.4 is 68.1 Å². The number of ether oxygens (including phenoxy) is 6. The summed E-state index contributed by atoms with van der Waals surface area (Å²) in [5.41, 5.74) is 25.7. The Labute approximate surface area is 694 Å². The van der Waals surface area contributed by atoms with E-state index in [0.29, 0.717) is 13.7 Å². The summed E-state index contributed by atoms with van der Waals surface area (Å²) in [4.78, 5) is 176. The van der Waals surface area contributed by atoms with E-state index in [9.17, 15) is 117 Å².